The molecule has 1 unspecified atom stereocenters. The Morgan fingerprint density at radius 3 is 2.46 bits per heavy atom. The average Bonchev–Trinajstić information content (AvgIpc) is 3.34. The second-order valence-corrected chi connectivity index (χ2v) is 9.93. The van der Waals surface area contributed by atoms with Crippen molar-refractivity contribution < 1.29 is 45.5 Å². The highest BCUT2D eigenvalue weighted by atomic mass is 19.4. The molecule has 4 rings (SSSR count). The number of hydrogen-bond donors (Lipinski definition) is 2. The SMILES string of the molecule is CC1(C)CC(O)/C=C\C[C@](OCc2ccccc2)(C(F)(F)F)c2nnc(o2)-c2nc(c(C(F)(F)F)cc2[N+](=O)[O-])N1. The molecule has 0 spiro atoms. The van der Waals surface area contributed by atoms with Crippen molar-refractivity contribution in [1.29, 1.82) is 0 Å². The van der Waals surface area contributed by atoms with Crippen molar-refractivity contribution in [3.05, 3.63) is 75.7 Å². The van der Waals surface area contributed by atoms with E-state index in [1.54, 1.807) is 18.2 Å². The highest BCUT2D eigenvalue weighted by Crippen LogP contribution is 2.47. The Bertz CT molecular complexity index is 1440. The molecule has 1 aliphatic rings. The Kier molecular flexibility index (Phi) is 7.84. The maximum atomic E-state index is 14.8. The number of halogens is 6. The Labute approximate surface area is 228 Å². The lowest BCUT2D eigenvalue weighted by Crippen LogP contribution is -2.45. The molecule has 16 heteroatoms. The summed E-state index contributed by atoms with van der Waals surface area (Å²) in [6, 6.07) is 8.01. The average molecular weight is 587 g/mol. The summed E-state index contributed by atoms with van der Waals surface area (Å²) in [4.78, 5) is 14.3. The van der Waals surface area contributed by atoms with Gasteiger partial charge in [0.25, 0.3) is 11.8 Å². The lowest BCUT2D eigenvalue weighted by molar-refractivity contribution is -0.384. The number of nitro groups is 1. The fourth-order valence-corrected chi connectivity index (χ4v) is 4.25. The van der Waals surface area contributed by atoms with Gasteiger partial charge >= 0.3 is 18.0 Å². The van der Waals surface area contributed by atoms with E-state index in [-0.39, 0.29) is 12.5 Å². The quantitative estimate of drug-likeness (QED) is 0.165. The Morgan fingerprint density at radius 2 is 1.85 bits per heavy atom. The second kappa shape index (κ2) is 10.7. The van der Waals surface area contributed by atoms with Crippen LogP contribution >= 0.6 is 0 Å². The van der Waals surface area contributed by atoms with Gasteiger partial charge in [0.1, 0.15) is 11.4 Å². The number of anilines is 1. The number of hydrogen-bond acceptors (Lipinski definition) is 9. The first kappa shape index (κ1) is 29.9. The van der Waals surface area contributed by atoms with Gasteiger partial charge in [-0.2, -0.15) is 26.3 Å². The number of aromatic nitrogens is 3. The number of alkyl halides is 6. The summed E-state index contributed by atoms with van der Waals surface area (Å²) in [6.45, 7) is 2.24. The molecule has 3 aromatic rings. The number of aliphatic hydroxyl groups is 1. The van der Waals surface area contributed by atoms with Gasteiger partial charge in [-0.3, -0.25) is 10.1 Å². The van der Waals surface area contributed by atoms with E-state index in [4.69, 9.17) is 9.15 Å². The molecule has 3 heterocycles. The van der Waals surface area contributed by atoms with Crippen LogP contribution in [0, 0.1) is 10.1 Å². The van der Waals surface area contributed by atoms with Crippen LogP contribution in [0.2, 0.25) is 0 Å². The molecule has 1 aliphatic heterocycles. The monoisotopic (exact) mass is 587 g/mol. The highest BCUT2D eigenvalue weighted by Gasteiger charge is 2.61. The van der Waals surface area contributed by atoms with Gasteiger partial charge < -0.3 is 19.6 Å². The minimum Gasteiger partial charge on any atom is -0.415 e. The molecular formula is C25H23F6N5O5. The predicted molar refractivity (Wildman–Crippen MR) is 130 cm³/mol. The zero-order valence-electron chi connectivity index (χ0n) is 21.5. The molecule has 1 aromatic carbocycles. The molecule has 0 radical (unpaired) electrons. The van der Waals surface area contributed by atoms with E-state index < -0.39 is 82.1 Å². The maximum Gasteiger partial charge on any atom is 0.426 e. The summed E-state index contributed by atoms with van der Waals surface area (Å²) in [5, 5.41) is 31.7. The van der Waals surface area contributed by atoms with Gasteiger partial charge in [0.2, 0.25) is 11.3 Å². The second-order valence-electron chi connectivity index (χ2n) is 9.93. The van der Waals surface area contributed by atoms with Gasteiger partial charge in [0, 0.05) is 18.0 Å². The molecule has 2 atom stereocenters. The van der Waals surface area contributed by atoms with E-state index in [9.17, 15) is 41.6 Å². The summed E-state index contributed by atoms with van der Waals surface area (Å²) in [6.07, 6.45) is -11.0. The van der Waals surface area contributed by atoms with Crippen molar-refractivity contribution in [3.8, 4) is 11.6 Å². The molecule has 0 fully saturated rings. The molecule has 2 aromatic heterocycles. The van der Waals surface area contributed by atoms with Crippen LogP contribution in [0.4, 0.5) is 37.8 Å². The van der Waals surface area contributed by atoms with Crippen LogP contribution in [0.15, 0.2) is 53.0 Å². The number of fused-ring (bicyclic) bond motifs is 5. The lowest BCUT2D eigenvalue weighted by Gasteiger charge is -2.32. The number of ether oxygens (including phenoxy) is 1. The Balaban J connectivity index is 1.96. The van der Waals surface area contributed by atoms with Crippen LogP contribution in [-0.4, -0.2) is 43.0 Å². The first-order valence-corrected chi connectivity index (χ1v) is 12.0. The first-order valence-electron chi connectivity index (χ1n) is 12.0. The van der Waals surface area contributed by atoms with E-state index in [1.165, 1.54) is 26.0 Å². The lowest BCUT2D eigenvalue weighted by atomic mass is 9.94. The summed E-state index contributed by atoms with van der Waals surface area (Å²) >= 11 is 0. The van der Waals surface area contributed by atoms with Crippen molar-refractivity contribution in [1.82, 2.24) is 15.2 Å². The third-order valence-electron chi connectivity index (χ3n) is 6.20. The molecule has 2 N–H and O–H groups in total. The van der Waals surface area contributed by atoms with Crippen LogP contribution in [-0.2, 0) is 23.1 Å². The standard InChI is InChI=1S/C25H23F6N5O5/c1-22(2)12-15(37)9-6-10-23(25(29,30)31,40-13-14-7-4-3-5-8-14)21-35-34-20(41-21)18-17(36(38)39)11-16(24(26,27)28)19(32-18)33-22/h3-9,11,15,37H,10,12-13H2,1-2H3,(H,32,33)/b9-6-/t15?,23-/m1/s1. The summed E-state index contributed by atoms with van der Waals surface area (Å²) < 4.78 is 96.6. The molecule has 10 nitrogen and oxygen atoms in total. The van der Waals surface area contributed by atoms with Crippen molar-refractivity contribution in [2.24, 2.45) is 0 Å². The van der Waals surface area contributed by atoms with Gasteiger partial charge in [-0.1, -0.05) is 42.5 Å². The molecule has 0 amide bonds. The molecule has 41 heavy (non-hydrogen) atoms. The van der Waals surface area contributed by atoms with E-state index >= 15 is 0 Å². The van der Waals surface area contributed by atoms with Gasteiger partial charge in [0.15, 0.2) is 0 Å². The fraction of sp³-hybridized carbons (Fsp3) is 0.400. The molecule has 4 bridgehead atoms. The van der Waals surface area contributed by atoms with Crippen LogP contribution in [0.1, 0.15) is 43.7 Å². The minimum absolute atomic E-state index is 0.176. The topological polar surface area (TPSA) is 136 Å². The number of aliphatic hydroxyl groups excluding tert-OH is 1. The smallest absolute Gasteiger partial charge is 0.415 e. The number of pyridine rings is 1. The van der Waals surface area contributed by atoms with Crippen molar-refractivity contribution >= 4 is 11.5 Å². The molecule has 0 saturated carbocycles. The highest BCUT2D eigenvalue weighted by molar-refractivity contribution is 5.68. The molecular weight excluding hydrogens is 564 g/mol. The number of nitrogens with one attached hydrogen (secondary N) is 1. The van der Waals surface area contributed by atoms with Crippen LogP contribution in [0.25, 0.3) is 11.6 Å². The van der Waals surface area contributed by atoms with Crippen LogP contribution in [0.3, 0.4) is 0 Å². The zero-order valence-corrected chi connectivity index (χ0v) is 21.5. The van der Waals surface area contributed by atoms with Gasteiger partial charge in [0.05, 0.1) is 17.6 Å². The van der Waals surface area contributed by atoms with Gasteiger partial charge in [-0.05, 0) is 25.8 Å². The minimum atomic E-state index is -5.20. The maximum absolute atomic E-state index is 14.8. The zero-order chi connectivity index (χ0) is 30.2. The predicted octanol–water partition coefficient (Wildman–Crippen LogP) is 5.93. The van der Waals surface area contributed by atoms with E-state index in [0.717, 1.165) is 12.2 Å². The molecule has 220 valence electrons. The number of nitrogens with zero attached hydrogens (tertiary/aromatic N) is 4. The number of rotatable bonds is 4. The Morgan fingerprint density at radius 1 is 1.17 bits per heavy atom. The normalized spacial score (nSPS) is 21.9. The fourth-order valence-electron chi connectivity index (χ4n) is 4.25. The molecule has 0 aliphatic carbocycles. The third-order valence-corrected chi connectivity index (χ3v) is 6.20. The van der Waals surface area contributed by atoms with Gasteiger partial charge in [-0.25, -0.2) is 4.98 Å². The molecule has 0 saturated heterocycles. The van der Waals surface area contributed by atoms with Gasteiger partial charge in [-0.15, -0.1) is 10.2 Å². The number of benzene rings is 1. The van der Waals surface area contributed by atoms with E-state index in [0.29, 0.717) is 5.56 Å². The Hall–Kier alpha value is -4.05. The summed E-state index contributed by atoms with van der Waals surface area (Å²) in [5.74, 6) is -2.99. The van der Waals surface area contributed by atoms with Crippen molar-refractivity contribution in [3.63, 3.8) is 0 Å². The van der Waals surface area contributed by atoms with Crippen LogP contribution in [0.5, 0.6) is 0 Å². The summed E-state index contributed by atoms with van der Waals surface area (Å²) in [5.41, 5.74) is -7.92. The largest absolute Gasteiger partial charge is 0.426 e. The van der Waals surface area contributed by atoms with E-state index in [2.05, 4.69) is 20.5 Å². The van der Waals surface area contributed by atoms with Crippen LogP contribution < -0.4 is 5.32 Å². The first-order chi connectivity index (χ1) is 19.0. The van der Waals surface area contributed by atoms with Crippen molar-refractivity contribution in [2.75, 3.05) is 5.32 Å². The third kappa shape index (κ3) is 6.32. The van der Waals surface area contributed by atoms with E-state index in [1.807, 2.05) is 0 Å². The summed E-state index contributed by atoms with van der Waals surface area (Å²) in [7, 11) is 0. The van der Waals surface area contributed by atoms with Crippen molar-refractivity contribution in [2.45, 2.75) is 62.9 Å².